The van der Waals surface area contributed by atoms with Gasteiger partial charge in [-0.1, -0.05) is 60.6 Å². The Morgan fingerprint density at radius 1 is 1.05 bits per heavy atom. The summed E-state index contributed by atoms with van der Waals surface area (Å²) < 4.78 is 5.43. The van der Waals surface area contributed by atoms with E-state index in [0.29, 0.717) is 5.75 Å². The monoisotopic (exact) mass is 303 g/mol. The van der Waals surface area contributed by atoms with Gasteiger partial charge in [-0.05, 0) is 40.5 Å². The summed E-state index contributed by atoms with van der Waals surface area (Å²) in [5.41, 5.74) is 2.31. The number of hydrogen-bond acceptors (Lipinski definition) is 2. The first-order chi connectivity index (χ1) is 10.0. The van der Waals surface area contributed by atoms with Crippen molar-refractivity contribution in [3.05, 3.63) is 41.6 Å². The number of nitrogens with one attached hydrogen (secondary N) is 1. The van der Waals surface area contributed by atoms with E-state index >= 15 is 0 Å². The third-order valence-electron chi connectivity index (χ3n) is 3.40. The van der Waals surface area contributed by atoms with Crippen LogP contribution in [0.25, 0.3) is 0 Å². The lowest BCUT2D eigenvalue weighted by Gasteiger charge is -2.25. The standard InChI is InChI=1S/C19H29NO2/c1-8-9-10-20-17(21)22-16-12-14(18(2,3)4)11-15(13-16)19(5,6)7/h9-13H,8H2,1-7H3,(H,20,21). The van der Waals surface area contributed by atoms with E-state index in [9.17, 15) is 4.79 Å². The minimum absolute atomic E-state index is 0.00202. The maximum Gasteiger partial charge on any atom is 0.416 e. The van der Waals surface area contributed by atoms with Gasteiger partial charge in [0.25, 0.3) is 0 Å². The van der Waals surface area contributed by atoms with Crippen molar-refractivity contribution in [3.8, 4) is 5.75 Å². The topological polar surface area (TPSA) is 38.3 Å². The highest BCUT2D eigenvalue weighted by atomic mass is 16.5. The number of allylic oxidation sites excluding steroid dienone is 1. The number of hydrogen-bond donors (Lipinski definition) is 1. The molecule has 0 aliphatic carbocycles. The van der Waals surface area contributed by atoms with Gasteiger partial charge in [0, 0.05) is 6.20 Å². The first-order valence-electron chi connectivity index (χ1n) is 7.83. The van der Waals surface area contributed by atoms with Gasteiger partial charge in [0.1, 0.15) is 5.75 Å². The molecule has 0 heterocycles. The van der Waals surface area contributed by atoms with Gasteiger partial charge in [0.15, 0.2) is 0 Å². The van der Waals surface area contributed by atoms with E-state index in [1.807, 2.05) is 25.1 Å². The molecule has 1 rings (SSSR count). The van der Waals surface area contributed by atoms with Crippen LogP contribution in [-0.2, 0) is 10.8 Å². The number of amides is 1. The Morgan fingerprint density at radius 3 is 1.95 bits per heavy atom. The maximum absolute atomic E-state index is 11.8. The molecule has 0 spiro atoms. The van der Waals surface area contributed by atoms with E-state index in [2.05, 4.69) is 52.9 Å². The number of carbonyl (C=O) groups is 1. The molecule has 122 valence electrons. The van der Waals surface area contributed by atoms with Crippen LogP contribution < -0.4 is 10.1 Å². The minimum Gasteiger partial charge on any atom is -0.410 e. The highest BCUT2D eigenvalue weighted by Crippen LogP contribution is 2.32. The Bertz CT molecular complexity index is 513. The summed E-state index contributed by atoms with van der Waals surface area (Å²) in [6.45, 7) is 14.9. The quantitative estimate of drug-likeness (QED) is 0.823. The molecular formula is C19H29NO2. The van der Waals surface area contributed by atoms with Crippen molar-refractivity contribution in [1.29, 1.82) is 0 Å². The van der Waals surface area contributed by atoms with Crippen molar-refractivity contribution in [2.45, 2.75) is 65.7 Å². The smallest absolute Gasteiger partial charge is 0.410 e. The number of carbonyl (C=O) groups excluding carboxylic acids is 1. The zero-order valence-electron chi connectivity index (χ0n) is 14.9. The third kappa shape index (κ3) is 5.55. The van der Waals surface area contributed by atoms with Crippen LogP contribution in [0.4, 0.5) is 4.79 Å². The van der Waals surface area contributed by atoms with Gasteiger partial charge in [-0.3, -0.25) is 5.32 Å². The summed E-state index contributed by atoms with van der Waals surface area (Å²) in [5.74, 6) is 0.583. The molecule has 22 heavy (non-hydrogen) atoms. The molecule has 3 nitrogen and oxygen atoms in total. The summed E-state index contributed by atoms with van der Waals surface area (Å²) in [6.07, 6.45) is 3.89. The second-order valence-electron chi connectivity index (χ2n) is 7.59. The van der Waals surface area contributed by atoms with E-state index in [0.717, 1.165) is 17.5 Å². The van der Waals surface area contributed by atoms with Crippen LogP contribution in [0, 0.1) is 0 Å². The molecule has 0 radical (unpaired) electrons. The minimum atomic E-state index is -0.462. The molecule has 0 unspecified atom stereocenters. The fraction of sp³-hybridized carbons (Fsp3) is 0.526. The second-order valence-corrected chi connectivity index (χ2v) is 7.59. The summed E-state index contributed by atoms with van der Waals surface area (Å²) in [6, 6.07) is 6.08. The van der Waals surface area contributed by atoms with Gasteiger partial charge in [-0.2, -0.15) is 0 Å². The first-order valence-corrected chi connectivity index (χ1v) is 7.83. The first kappa shape index (κ1) is 18.3. The summed E-state index contributed by atoms with van der Waals surface area (Å²) in [5, 5.41) is 2.61. The molecule has 0 aromatic heterocycles. The fourth-order valence-electron chi connectivity index (χ4n) is 1.91. The molecule has 0 aliphatic heterocycles. The Morgan fingerprint density at radius 2 is 1.55 bits per heavy atom. The molecule has 0 saturated carbocycles. The lowest BCUT2D eigenvalue weighted by Crippen LogP contribution is -2.22. The molecule has 1 aromatic carbocycles. The van der Waals surface area contributed by atoms with Crippen molar-refractivity contribution in [1.82, 2.24) is 5.32 Å². The van der Waals surface area contributed by atoms with E-state index in [4.69, 9.17) is 4.74 Å². The van der Waals surface area contributed by atoms with Crippen LogP contribution >= 0.6 is 0 Å². The van der Waals surface area contributed by atoms with Crippen LogP contribution in [-0.4, -0.2) is 6.09 Å². The average Bonchev–Trinajstić information content (AvgIpc) is 2.36. The molecule has 1 N–H and O–H groups in total. The predicted molar refractivity (Wildman–Crippen MR) is 92.4 cm³/mol. The molecule has 1 aromatic rings. The molecule has 3 heteroatoms. The van der Waals surface area contributed by atoms with Gasteiger partial charge >= 0.3 is 6.09 Å². The Balaban J connectivity index is 3.08. The van der Waals surface area contributed by atoms with Crippen molar-refractivity contribution in [2.75, 3.05) is 0 Å². The fourth-order valence-corrected chi connectivity index (χ4v) is 1.91. The van der Waals surface area contributed by atoms with Crippen molar-refractivity contribution in [3.63, 3.8) is 0 Å². The number of rotatable bonds is 3. The van der Waals surface area contributed by atoms with Gasteiger partial charge in [-0.15, -0.1) is 0 Å². The van der Waals surface area contributed by atoms with E-state index in [-0.39, 0.29) is 10.8 Å². The van der Waals surface area contributed by atoms with Crippen LogP contribution in [0.3, 0.4) is 0 Å². The SMILES string of the molecule is CCC=CNC(=O)Oc1cc(C(C)(C)C)cc(C(C)(C)C)c1. The highest BCUT2D eigenvalue weighted by Gasteiger charge is 2.21. The predicted octanol–water partition coefficient (Wildman–Crippen LogP) is 5.29. The van der Waals surface area contributed by atoms with Crippen molar-refractivity contribution >= 4 is 6.09 Å². The Labute approximate surface area is 134 Å². The van der Waals surface area contributed by atoms with Crippen molar-refractivity contribution < 1.29 is 9.53 Å². The van der Waals surface area contributed by atoms with E-state index < -0.39 is 6.09 Å². The van der Waals surface area contributed by atoms with Gasteiger partial charge in [0.2, 0.25) is 0 Å². The molecular weight excluding hydrogens is 274 g/mol. The zero-order valence-corrected chi connectivity index (χ0v) is 14.9. The van der Waals surface area contributed by atoms with Gasteiger partial charge in [-0.25, -0.2) is 4.79 Å². The number of ether oxygens (including phenoxy) is 1. The van der Waals surface area contributed by atoms with Crippen LogP contribution in [0.2, 0.25) is 0 Å². The van der Waals surface area contributed by atoms with Gasteiger partial charge in [0.05, 0.1) is 0 Å². The summed E-state index contributed by atoms with van der Waals surface area (Å²) in [4.78, 5) is 11.8. The molecule has 0 atom stereocenters. The lowest BCUT2D eigenvalue weighted by atomic mass is 9.80. The number of benzene rings is 1. The molecule has 0 aliphatic rings. The molecule has 0 bridgehead atoms. The molecule has 0 saturated heterocycles. The van der Waals surface area contributed by atoms with Crippen LogP contribution in [0.5, 0.6) is 5.75 Å². The van der Waals surface area contributed by atoms with Crippen molar-refractivity contribution in [2.24, 2.45) is 0 Å². The average molecular weight is 303 g/mol. The lowest BCUT2D eigenvalue weighted by molar-refractivity contribution is 0.204. The Kier molecular flexibility index (Phi) is 5.81. The summed E-state index contributed by atoms with van der Waals surface area (Å²) >= 11 is 0. The largest absolute Gasteiger partial charge is 0.416 e. The second kappa shape index (κ2) is 6.99. The van der Waals surface area contributed by atoms with Crippen LogP contribution in [0.15, 0.2) is 30.5 Å². The maximum atomic E-state index is 11.8. The summed E-state index contributed by atoms with van der Waals surface area (Å²) in [7, 11) is 0. The van der Waals surface area contributed by atoms with E-state index in [1.165, 1.54) is 0 Å². The zero-order chi connectivity index (χ0) is 17.0. The highest BCUT2D eigenvalue weighted by molar-refractivity contribution is 5.71. The third-order valence-corrected chi connectivity index (χ3v) is 3.40. The Hall–Kier alpha value is -1.77. The molecule has 1 amide bonds. The van der Waals surface area contributed by atoms with Crippen LogP contribution in [0.1, 0.15) is 66.0 Å². The van der Waals surface area contributed by atoms with Gasteiger partial charge < -0.3 is 4.74 Å². The van der Waals surface area contributed by atoms with E-state index in [1.54, 1.807) is 6.20 Å². The molecule has 0 fully saturated rings. The normalized spacial score (nSPS) is 12.5.